The number of ether oxygens (including phenoxy) is 2. The standard InChI is InChI=1S/C16H13N3O3/c1-10-7-13(14(9-18)16(20)19-10)12-4-3-11(21-2)8-15(12)22-6-5-17/h3-4,7-8H,6H2,1-2H3,(H,19,20). The highest BCUT2D eigenvalue weighted by Gasteiger charge is 2.15. The Hall–Kier alpha value is -3.25. The average Bonchev–Trinajstić information content (AvgIpc) is 2.52. The zero-order valence-corrected chi connectivity index (χ0v) is 12.1. The van der Waals surface area contributed by atoms with Gasteiger partial charge in [-0.2, -0.15) is 10.5 Å². The van der Waals surface area contributed by atoms with Gasteiger partial charge in [0.2, 0.25) is 0 Å². The second-order valence-corrected chi connectivity index (χ2v) is 4.49. The van der Waals surface area contributed by atoms with Crippen LogP contribution >= 0.6 is 0 Å². The molecule has 0 bridgehead atoms. The van der Waals surface area contributed by atoms with Crippen LogP contribution in [0, 0.1) is 29.6 Å². The number of rotatable bonds is 4. The van der Waals surface area contributed by atoms with Crippen molar-refractivity contribution in [3.05, 3.63) is 45.9 Å². The van der Waals surface area contributed by atoms with Gasteiger partial charge in [0.05, 0.1) is 7.11 Å². The lowest BCUT2D eigenvalue weighted by molar-refractivity contribution is 0.363. The van der Waals surface area contributed by atoms with Crippen LogP contribution < -0.4 is 15.0 Å². The van der Waals surface area contributed by atoms with Crippen LogP contribution in [0.25, 0.3) is 11.1 Å². The molecule has 2 aromatic rings. The molecule has 6 nitrogen and oxygen atoms in total. The number of benzene rings is 1. The van der Waals surface area contributed by atoms with E-state index in [1.165, 1.54) is 7.11 Å². The van der Waals surface area contributed by atoms with Gasteiger partial charge < -0.3 is 14.5 Å². The topological polar surface area (TPSA) is 98.9 Å². The number of nitrogens with one attached hydrogen (secondary N) is 1. The SMILES string of the molecule is COc1ccc(-c2cc(C)[nH]c(=O)c2C#N)c(OCC#N)c1. The molecule has 2 rings (SSSR count). The summed E-state index contributed by atoms with van der Waals surface area (Å²) < 4.78 is 10.5. The molecule has 1 N–H and O–H groups in total. The van der Waals surface area contributed by atoms with E-state index in [0.717, 1.165) is 0 Å². The first-order chi connectivity index (χ1) is 10.6. The predicted octanol–water partition coefficient (Wildman–Crippen LogP) is 2.13. The number of nitrogens with zero attached hydrogens (tertiary/aromatic N) is 2. The quantitative estimate of drug-likeness (QED) is 0.931. The maximum Gasteiger partial charge on any atom is 0.266 e. The first-order valence-corrected chi connectivity index (χ1v) is 6.43. The first-order valence-electron chi connectivity index (χ1n) is 6.43. The first kappa shape index (κ1) is 15.1. The lowest BCUT2D eigenvalue weighted by atomic mass is 10.00. The molecule has 0 atom stereocenters. The number of aromatic amines is 1. The van der Waals surface area contributed by atoms with Gasteiger partial charge in [0.15, 0.2) is 6.61 Å². The molecule has 1 heterocycles. The maximum atomic E-state index is 11.9. The molecule has 0 aliphatic carbocycles. The predicted molar refractivity (Wildman–Crippen MR) is 79.6 cm³/mol. The lowest BCUT2D eigenvalue weighted by Crippen LogP contribution is -2.13. The molecule has 0 saturated heterocycles. The van der Waals surface area contributed by atoms with E-state index in [1.54, 1.807) is 31.2 Å². The summed E-state index contributed by atoms with van der Waals surface area (Å²) in [5.74, 6) is 0.930. The van der Waals surface area contributed by atoms with Gasteiger partial charge in [0.1, 0.15) is 29.2 Å². The fraction of sp³-hybridized carbons (Fsp3) is 0.188. The molecule has 1 aromatic heterocycles. The van der Waals surface area contributed by atoms with E-state index in [2.05, 4.69) is 4.98 Å². The summed E-state index contributed by atoms with van der Waals surface area (Å²) in [7, 11) is 1.52. The Morgan fingerprint density at radius 2 is 2.00 bits per heavy atom. The normalized spacial score (nSPS) is 9.64. The van der Waals surface area contributed by atoms with Gasteiger partial charge >= 0.3 is 0 Å². The lowest BCUT2D eigenvalue weighted by Gasteiger charge is -2.12. The Balaban J connectivity index is 2.70. The summed E-state index contributed by atoms with van der Waals surface area (Å²) in [6.45, 7) is 1.58. The third-order valence-corrected chi connectivity index (χ3v) is 3.05. The van der Waals surface area contributed by atoms with Crippen molar-refractivity contribution in [2.24, 2.45) is 0 Å². The van der Waals surface area contributed by atoms with Gasteiger partial charge in [-0.1, -0.05) is 0 Å². The number of aromatic nitrogens is 1. The van der Waals surface area contributed by atoms with Crippen molar-refractivity contribution in [3.63, 3.8) is 0 Å². The fourth-order valence-corrected chi connectivity index (χ4v) is 2.09. The molecule has 0 unspecified atom stereocenters. The van der Waals surface area contributed by atoms with Gasteiger partial charge in [0.25, 0.3) is 5.56 Å². The Morgan fingerprint density at radius 1 is 1.23 bits per heavy atom. The van der Waals surface area contributed by atoms with Crippen molar-refractivity contribution < 1.29 is 9.47 Å². The highest BCUT2D eigenvalue weighted by Crippen LogP contribution is 2.34. The summed E-state index contributed by atoms with van der Waals surface area (Å²) in [4.78, 5) is 14.5. The fourth-order valence-electron chi connectivity index (χ4n) is 2.09. The molecule has 0 aliphatic heterocycles. The summed E-state index contributed by atoms with van der Waals surface area (Å²) in [6.07, 6.45) is 0. The zero-order valence-electron chi connectivity index (χ0n) is 12.1. The van der Waals surface area contributed by atoms with Crippen LogP contribution in [0.5, 0.6) is 11.5 Å². The van der Waals surface area contributed by atoms with Gasteiger partial charge in [-0.15, -0.1) is 0 Å². The van der Waals surface area contributed by atoms with Gasteiger partial charge in [-0.25, -0.2) is 0 Å². The molecular formula is C16H13N3O3. The molecule has 0 spiro atoms. The molecule has 0 aliphatic rings. The molecular weight excluding hydrogens is 282 g/mol. The van der Waals surface area contributed by atoms with Crippen molar-refractivity contribution >= 4 is 0 Å². The number of nitriles is 2. The molecule has 0 saturated carbocycles. The van der Waals surface area contributed by atoms with Gasteiger partial charge in [0, 0.05) is 22.9 Å². The van der Waals surface area contributed by atoms with E-state index < -0.39 is 5.56 Å². The van der Waals surface area contributed by atoms with Crippen LogP contribution in [0.4, 0.5) is 0 Å². The summed E-state index contributed by atoms with van der Waals surface area (Å²) in [5.41, 5.74) is 1.18. The minimum Gasteiger partial charge on any atom is -0.497 e. The summed E-state index contributed by atoms with van der Waals surface area (Å²) in [6, 6.07) is 10.5. The highest BCUT2D eigenvalue weighted by molar-refractivity contribution is 5.76. The largest absolute Gasteiger partial charge is 0.497 e. The average molecular weight is 295 g/mol. The second kappa shape index (κ2) is 6.47. The molecule has 6 heteroatoms. The van der Waals surface area contributed by atoms with E-state index in [4.69, 9.17) is 14.7 Å². The number of pyridine rings is 1. The Morgan fingerprint density at radius 3 is 2.64 bits per heavy atom. The van der Waals surface area contributed by atoms with Crippen molar-refractivity contribution in [2.45, 2.75) is 6.92 Å². The highest BCUT2D eigenvalue weighted by atomic mass is 16.5. The number of hydrogen-bond donors (Lipinski definition) is 1. The van der Waals surface area contributed by atoms with E-state index in [-0.39, 0.29) is 12.2 Å². The van der Waals surface area contributed by atoms with Crippen molar-refractivity contribution in [3.8, 4) is 34.8 Å². The monoisotopic (exact) mass is 295 g/mol. The second-order valence-electron chi connectivity index (χ2n) is 4.49. The van der Waals surface area contributed by atoms with E-state index in [9.17, 15) is 10.1 Å². The smallest absolute Gasteiger partial charge is 0.266 e. The molecule has 0 radical (unpaired) electrons. The summed E-state index contributed by atoms with van der Waals surface area (Å²) in [5, 5.41) is 17.9. The number of H-pyrrole nitrogens is 1. The Kier molecular flexibility index (Phi) is 4.45. The minimum absolute atomic E-state index is 0.00225. The number of aryl methyl sites for hydroxylation is 1. The zero-order chi connectivity index (χ0) is 16.1. The van der Waals surface area contributed by atoms with Crippen molar-refractivity contribution in [2.75, 3.05) is 13.7 Å². The van der Waals surface area contributed by atoms with E-state index >= 15 is 0 Å². The molecule has 110 valence electrons. The van der Waals surface area contributed by atoms with Crippen LogP contribution in [0.2, 0.25) is 0 Å². The maximum absolute atomic E-state index is 11.9. The van der Waals surface area contributed by atoms with Crippen LogP contribution in [-0.2, 0) is 0 Å². The number of hydrogen-bond acceptors (Lipinski definition) is 5. The van der Waals surface area contributed by atoms with Crippen LogP contribution in [0.3, 0.4) is 0 Å². The van der Waals surface area contributed by atoms with Crippen molar-refractivity contribution in [1.29, 1.82) is 10.5 Å². The third kappa shape index (κ3) is 2.92. The summed E-state index contributed by atoms with van der Waals surface area (Å²) >= 11 is 0. The molecule has 1 aromatic carbocycles. The van der Waals surface area contributed by atoms with E-state index in [1.807, 2.05) is 12.1 Å². The molecule has 22 heavy (non-hydrogen) atoms. The molecule has 0 fully saturated rings. The van der Waals surface area contributed by atoms with Crippen molar-refractivity contribution in [1.82, 2.24) is 4.98 Å². The van der Waals surface area contributed by atoms with Gasteiger partial charge in [-0.3, -0.25) is 4.79 Å². The van der Waals surface area contributed by atoms with Gasteiger partial charge in [-0.05, 0) is 25.1 Å². The number of methoxy groups -OCH3 is 1. The van der Waals surface area contributed by atoms with Crippen LogP contribution in [0.1, 0.15) is 11.3 Å². The van der Waals surface area contributed by atoms with E-state index in [0.29, 0.717) is 28.3 Å². The Labute approximate surface area is 127 Å². The Bertz CT molecular complexity index is 841. The molecule has 0 amide bonds. The van der Waals surface area contributed by atoms with Crippen LogP contribution in [0.15, 0.2) is 29.1 Å². The third-order valence-electron chi connectivity index (χ3n) is 3.05. The van der Waals surface area contributed by atoms with Crippen LogP contribution in [-0.4, -0.2) is 18.7 Å². The minimum atomic E-state index is -0.459.